The molecule has 0 fully saturated rings. The van der Waals surface area contributed by atoms with Crippen molar-refractivity contribution in [3.63, 3.8) is 0 Å². The second-order valence-electron chi connectivity index (χ2n) is 5.40. The van der Waals surface area contributed by atoms with E-state index in [0.29, 0.717) is 5.75 Å². The molecule has 7 heteroatoms. The number of carbonyl (C=O) groups excluding carboxylic acids is 1. The Hall–Kier alpha value is -1.57. The van der Waals surface area contributed by atoms with Crippen LogP contribution in [0, 0.1) is 0 Å². The highest BCUT2D eigenvalue weighted by Gasteiger charge is 2.09. The van der Waals surface area contributed by atoms with Gasteiger partial charge in [0.1, 0.15) is 0 Å². The molecule has 0 saturated heterocycles. The molecule has 0 saturated carbocycles. The van der Waals surface area contributed by atoms with Crippen molar-refractivity contribution >= 4 is 51.5 Å². The maximum Gasteiger partial charge on any atom is 0.230 e. The molecule has 1 amide bonds. The molecule has 3 aromatic rings. The average molecular weight is 390 g/mol. The van der Waals surface area contributed by atoms with Gasteiger partial charge in [-0.1, -0.05) is 84.2 Å². The summed E-state index contributed by atoms with van der Waals surface area (Å²) in [5.74, 6) is 1.30. The predicted molar refractivity (Wildman–Crippen MR) is 107 cm³/mol. The van der Waals surface area contributed by atoms with Gasteiger partial charge in [-0.25, -0.2) is 0 Å². The van der Waals surface area contributed by atoms with E-state index in [0.717, 1.165) is 27.4 Å². The molecule has 0 aliphatic heterocycles. The number of fused-ring (bicyclic) bond motifs is 1. The van der Waals surface area contributed by atoms with Crippen molar-refractivity contribution in [3.05, 3.63) is 48.0 Å². The summed E-state index contributed by atoms with van der Waals surface area (Å²) < 4.78 is 1.77. The monoisotopic (exact) mass is 389 g/mol. The SMILES string of the molecule is CCCNC(=O)CSc1nnc(SCc2cccc3ccccc23)s1. The molecule has 0 aliphatic carbocycles. The quantitative estimate of drug-likeness (QED) is 0.571. The van der Waals surface area contributed by atoms with Crippen molar-refractivity contribution in [1.82, 2.24) is 15.5 Å². The molecule has 0 spiro atoms. The summed E-state index contributed by atoms with van der Waals surface area (Å²) in [7, 11) is 0. The largest absolute Gasteiger partial charge is 0.355 e. The lowest BCUT2D eigenvalue weighted by molar-refractivity contribution is -0.118. The van der Waals surface area contributed by atoms with E-state index in [2.05, 4.69) is 58.0 Å². The van der Waals surface area contributed by atoms with Crippen molar-refractivity contribution < 1.29 is 4.79 Å². The molecule has 1 N–H and O–H groups in total. The molecule has 0 unspecified atom stereocenters. The third-order valence-electron chi connectivity index (χ3n) is 3.52. The number of benzene rings is 2. The van der Waals surface area contributed by atoms with Crippen LogP contribution in [-0.4, -0.2) is 28.4 Å². The van der Waals surface area contributed by atoms with Crippen LogP contribution in [0.2, 0.25) is 0 Å². The van der Waals surface area contributed by atoms with Gasteiger partial charge in [0, 0.05) is 12.3 Å². The molecule has 0 radical (unpaired) electrons. The fourth-order valence-corrected chi connectivity index (χ4v) is 5.17. The number of nitrogens with one attached hydrogen (secondary N) is 1. The Labute approximate surface area is 159 Å². The van der Waals surface area contributed by atoms with Gasteiger partial charge in [0.15, 0.2) is 8.68 Å². The van der Waals surface area contributed by atoms with Crippen molar-refractivity contribution in [3.8, 4) is 0 Å². The lowest BCUT2D eigenvalue weighted by Crippen LogP contribution is -2.25. The van der Waals surface area contributed by atoms with Gasteiger partial charge in [-0.3, -0.25) is 4.79 Å². The number of rotatable bonds is 8. The lowest BCUT2D eigenvalue weighted by atomic mass is 10.1. The van der Waals surface area contributed by atoms with Gasteiger partial charge in [0.25, 0.3) is 0 Å². The Morgan fingerprint density at radius 1 is 1.08 bits per heavy atom. The summed E-state index contributed by atoms with van der Waals surface area (Å²) in [6.07, 6.45) is 0.949. The number of hydrogen-bond acceptors (Lipinski definition) is 6. The first-order valence-corrected chi connectivity index (χ1v) is 10.9. The summed E-state index contributed by atoms with van der Waals surface area (Å²) in [6, 6.07) is 14.8. The van der Waals surface area contributed by atoms with Crippen molar-refractivity contribution in [1.29, 1.82) is 0 Å². The van der Waals surface area contributed by atoms with E-state index in [1.807, 2.05) is 6.92 Å². The molecule has 0 aliphatic rings. The molecular formula is C18H19N3OS3. The van der Waals surface area contributed by atoms with Gasteiger partial charge in [0.05, 0.1) is 5.75 Å². The van der Waals surface area contributed by atoms with Gasteiger partial charge >= 0.3 is 0 Å². The second-order valence-corrected chi connectivity index (χ2v) is 8.82. The average Bonchev–Trinajstić information content (AvgIpc) is 3.11. The van der Waals surface area contributed by atoms with Gasteiger partial charge in [-0.05, 0) is 22.8 Å². The minimum Gasteiger partial charge on any atom is -0.355 e. The highest BCUT2D eigenvalue weighted by molar-refractivity contribution is 8.03. The first kappa shape index (κ1) is 18.2. The zero-order valence-electron chi connectivity index (χ0n) is 13.9. The van der Waals surface area contributed by atoms with Crippen LogP contribution in [0.4, 0.5) is 0 Å². The van der Waals surface area contributed by atoms with E-state index >= 15 is 0 Å². The molecule has 2 aromatic carbocycles. The van der Waals surface area contributed by atoms with Crippen LogP contribution in [0.1, 0.15) is 18.9 Å². The maximum absolute atomic E-state index is 11.6. The second kappa shape index (κ2) is 9.22. The number of aromatic nitrogens is 2. The van der Waals surface area contributed by atoms with Crippen LogP contribution < -0.4 is 5.32 Å². The molecule has 130 valence electrons. The van der Waals surface area contributed by atoms with E-state index in [1.54, 1.807) is 23.1 Å². The number of hydrogen-bond donors (Lipinski definition) is 1. The molecule has 1 aromatic heterocycles. The first-order valence-electron chi connectivity index (χ1n) is 8.08. The smallest absolute Gasteiger partial charge is 0.230 e. The summed E-state index contributed by atoms with van der Waals surface area (Å²) in [5.41, 5.74) is 1.30. The zero-order valence-corrected chi connectivity index (χ0v) is 16.3. The molecule has 3 rings (SSSR count). The molecule has 25 heavy (non-hydrogen) atoms. The Bertz CT molecular complexity index is 845. The highest BCUT2D eigenvalue weighted by atomic mass is 32.2. The van der Waals surface area contributed by atoms with E-state index in [1.165, 1.54) is 28.1 Å². The number of carbonyl (C=O) groups is 1. The minimum absolute atomic E-state index is 0.0482. The van der Waals surface area contributed by atoms with Crippen LogP contribution in [0.25, 0.3) is 10.8 Å². The summed E-state index contributed by atoms with van der Waals surface area (Å²) >= 11 is 4.68. The molecule has 0 atom stereocenters. The van der Waals surface area contributed by atoms with Gasteiger partial charge in [-0.2, -0.15) is 0 Å². The summed E-state index contributed by atoms with van der Waals surface area (Å²) in [4.78, 5) is 11.6. The maximum atomic E-state index is 11.6. The zero-order chi connectivity index (χ0) is 17.5. The van der Waals surface area contributed by atoms with Crippen LogP contribution in [-0.2, 0) is 10.5 Å². The van der Waals surface area contributed by atoms with Crippen molar-refractivity contribution in [2.24, 2.45) is 0 Å². The van der Waals surface area contributed by atoms with Crippen molar-refractivity contribution in [2.45, 2.75) is 27.8 Å². The fourth-order valence-electron chi connectivity index (χ4n) is 2.31. The van der Waals surface area contributed by atoms with Crippen molar-refractivity contribution in [2.75, 3.05) is 12.3 Å². The minimum atomic E-state index is 0.0482. The third-order valence-corrected chi connectivity index (χ3v) is 6.76. The molecular weight excluding hydrogens is 370 g/mol. The topological polar surface area (TPSA) is 54.9 Å². The van der Waals surface area contributed by atoms with E-state index in [-0.39, 0.29) is 5.91 Å². The number of amides is 1. The Balaban J connectivity index is 1.55. The number of nitrogens with zero attached hydrogens (tertiary/aromatic N) is 2. The Morgan fingerprint density at radius 3 is 2.68 bits per heavy atom. The van der Waals surface area contributed by atoms with Gasteiger partial charge in [-0.15, -0.1) is 10.2 Å². The standard InChI is InChI=1S/C18H19N3OS3/c1-2-10-19-16(22)12-24-18-21-20-17(25-18)23-11-14-8-5-7-13-6-3-4-9-15(13)14/h3-9H,2,10-12H2,1H3,(H,19,22). The highest BCUT2D eigenvalue weighted by Crippen LogP contribution is 2.32. The molecule has 1 heterocycles. The van der Waals surface area contributed by atoms with E-state index in [4.69, 9.17) is 0 Å². The third kappa shape index (κ3) is 5.20. The summed E-state index contributed by atoms with van der Waals surface area (Å²) in [5, 5.41) is 13.8. The van der Waals surface area contributed by atoms with Crippen LogP contribution in [0.5, 0.6) is 0 Å². The first-order chi connectivity index (χ1) is 12.3. The van der Waals surface area contributed by atoms with Crippen LogP contribution in [0.3, 0.4) is 0 Å². The van der Waals surface area contributed by atoms with Gasteiger partial charge < -0.3 is 5.32 Å². The van der Waals surface area contributed by atoms with Crippen LogP contribution in [0.15, 0.2) is 51.1 Å². The fraction of sp³-hybridized carbons (Fsp3) is 0.278. The predicted octanol–water partition coefficient (Wildman–Crippen LogP) is 4.60. The Morgan fingerprint density at radius 2 is 1.84 bits per heavy atom. The lowest BCUT2D eigenvalue weighted by Gasteiger charge is -2.04. The molecule has 4 nitrogen and oxygen atoms in total. The van der Waals surface area contributed by atoms with Gasteiger partial charge in [0.2, 0.25) is 5.91 Å². The Kier molecular flexibility index (Phi) is 6.72. The molecule has 0 bridgehead atoms. The van der Waals surface area contributed by atoms with E-state index < -0.39 is 0 Å². The summed E-state index contributed by atoms with van der Waals surface area (Å²) in [6.45, 7) is 2.76. The number of thioether (sulfide) groups is 2. The normalized spacial score (nSPS) is 10.9. The van der Waals surface area contributed by atoms with Crippen LogP contribution >= 0.6 is 34.9 Å². The van der Waals surface area contributed by atoms with E-state index in [9.17, 15) is 4.79 Å².